The molecule has 23 heavy (non-hydrogen) atoms. The Morgan fingerprint density at radius 2 is 2.13 bits per heavy atom. The molecule has 0 bridgehead atoms. The molecule has 0 aliphatic carbocycles. The first-order chi connectivity index (χ1) is 11.1. The number of piperazine rings is 2. The summed E-state index contributed by atoms with van der Waals surface area (Å²) < 4.78 is 5.60. The highest BCUT2D eigenvalue weighted by Gasteiger charge is 2.40. The van der Waals surface area contributed by atoms with E-state index in [9.17, 15) is 14.4 Å². The molecule has 3 heterocycles. The van der Waals surface area contributed by atoms with E-state index in [4.69, 9.17) is 4.74 Å². The summed E-state index contributed by atoms with van der Waals surface area (Å²) in [6, 6.07) is 4.98. The van der Waals surface area contributed by atoms with Crippen LogP contribution in [0.1, 0.15) is 15.9 Å². The number of carbonyl (C=O) groups excluding carboxylic acids is 3. The van der Waals surface area contributed by atoms with E-state index in [2.05, 4.69) is 5.32 Å². The van der Waals surface area contributed by atoms with Crippen molar-refractivity contribution in [2.75, 3.05) is 32.8 Å². The summed E-state index contributed by atoms with van der Waals surface area (Å²) in [7, 11) is 0. The number of nitrogens with zero attached hydrogens (tertiary/aromatic N) is 2. The average molecular weight is 315 g/mol. The second-order valence-corrected chi connectivity index (χ2v) is 5.96. The van der Waals surface area contributed by atoms with Crippen LogP contribution in [-0.2, 0) is 16.0 Å². The van der Waals surface area contributed by atoms with E-state index >= 15 is 0 Å². The third-order valence-electron chi connectivity index (χ3n) is 4.65. The summed E-state index contributed by atoms with van der Waals surface area (Å²) in [6.07, 6.45) is 0.809. The molecule has 7 nitrogen and oxygen atoms in total. The van der Waals surface area contributed by atoms with Gasteiger partial charge >= 0.3 is 0 Å². The summed E-state index contributed by atoms with van der Waals surface area (Å²) in [5.41, 5.74) is 1.58. The highest BCUT2D eigenvalue weighted by atomic mass is 16.5. The van der Waals surface area contributed by atoms with Gasteiger partial charge in [-0.25, -0.2) is 0 Å². The van der Waals surface area contributed by atoms with Crippen LogP contribution < -0.4 is 10.1 Å². The number of ether oxygens (including phenoxy) is 1. The Hall–Kier alpha value is -2.57. The standard InChI is InChI=1S/C16H17N3O4/c20-13-8-17-15(21)12-9-18(5-6-19(12)13)16(22)11-3-1-2-10-4-7-23-14(10)11/h1-3,12H,4-9H2,(H,17,21)/t12-/m0/s1. The average Bonchev–Trinajstić information content (AvgIpc) is 3.06. The van der Waals surface area contributed by atoms with Crippen LogP contribution in [0.3, 0.4) is 0 Å². The lowest BCUT2D eigenvalue weighted by atomic mass is 10.0. The number of fused-ring (bicyclic) bond motifs is 2. The molecule has 2 fully saturated rings. The molecule has 1 aromatic carbocycles. The number of benzene rings is 1. The molecular formula is C16H17N3O4. The normalized spacial score (nSPS) is 23.0. The fraction of sp³-hybridized carbons (Fsp3) is 0.438. The summed E-state index contributed by atoms with van der Waals surface area (Å²) in [5, 5.41) is 2.58. The van der Waals surface area contributed by atoms with Gasteiger partial charge in [-0.2, -0.15) is 0 Å². The molecule has 3 amide bonds. The van der Waals surface area contributed by atoms with Crippen LogP contribution in [0, 0.1) is 0 Å². The van der Waals surface area contributed by atoms with E-state index in [1.807, 2.05) is 12.1 Å². The zero-order valence-electron chi connectivity index (χ0n) is 12.6. The van der Waals surface area contributed by atoms with Crippen LogP contribution in [-0.4, -0.2) is 66.3 Å². The van der Waals surface area contributed by atoms with Crippen molar-refractivity contribution in [3.8, 4) is 5.75 Å². The molecule has 2 saturated heterocycles. The van der Waals surface area contributed by atoms with E-state index in [-0.39, 0.29) is 30.8 Å². The number of nitrogens with one attached hydrogen (secondary N) is 1. The Morgan fingerprint density at radius 1 is 1.26 bits per heavy atom. The SMILES string of the molecule is O=C1NCC(=O)N2CCN(C(=O)c3cccc4c3OCC4)C[C@@H]12. The summed E-state index contributed by atoms with van der Waals surface area (Å²) >= 11 is 0. The number of carbonyl (C=O) groups is 3. The lowest BCUT2D eigenvalue weighted by Crippen LogP contribution is -2.66. The van der Waals surface area contributed by atoms with E-state index in [1.165, 1.54) is 0 Å². The zero-order chi connectivity index (χ0) is 16.0. The second-order valence-electron chi connectivity index (χ2n) is 5.96. The van der Waals surface area contributed by atoms with E-state index in [0.717, 1.165) is 12.0 Å². The molecular weight excluding hydrogens is 298 g/mol. The van der Waals surface area contributed by atoms with Crippen molar-refractivity contribution in [2.45, 2.75) is 12.5 Å². The Bertz CT molecular complexity index is 703. The zero-order valence-corrected chi connectivity index (χ0v) is 12.6. The molecule has 0 saturated carbocycles. The molecule has 7 heteroatoms. The van der Waals surface area contributed by atoms with Gasteiger partial charge in [-0.15, -0.1) is 0 Å². The molecule has 0 spiro atoms. The van der Waals surface area contributed by atoms with Gasteiger partial charge in [0.05, 0.1) is 25.3 Å². The maximum absolute atomic E-state index is 12.8. The van der Waals surface area contributed by atoms with Crippen molar-refractivity contribution < 1.29 is 19.1 Å². The highest BCUT2D eigenvalue weighted by molar-refractivity contribution is 5.99. The van der Waals surface area contributed by atoms with Crippen molar-refractivity contribution in [3.63, 3.8) is 0 Å². The third-order valence-corrected chi connectivity index (χ3v) is 4.65. The first-order valence-electron chi connectivity index (χ1n) is 7.76. The quantitative estimate of drug-likeness (QED) is 0.751. The van der Waals surface area contributed by atoms with Crippen molar-refractivity contribution in [1.29, 1.82) is 0 Å². The Balaban J connectivity index is 1.58. The number of hydrogen-bond acceptors (Lipinski definition) is 4. The van der Waals surface area contributed by atoms with Crippen LogP contribution in [0.4, 0.5) is 0 Å². The lowest BCUT2D eigenvalue weighted by Gasteiger charge is -2.42. The van der Waals surface area contributed by atoms with Crippen molar-refractivity contribution >= 4 is 17.7 Å². The molecule has 4 rings (SSSR count). The van der Waals surface area contributed by atoms with Gasteiger partial charge in [0.1, 0.15) is 11.8 Å². The van der Waals surface area contributed by atoms with Gasteiger partial charge in [-0.3, -0.25) is 14.4 Å². The molecule has 0 aromatic heterocycles. The summed E-state index contributed by atoms with van der Waals surface area (Å²) in [6.45, 7) is 1.67. The highest BCUT2D eigenvalue weighted by Crippen LogP contribution is 2.30. The fourth-order valence-corrected chi connectivity index (χ4v) is 3.43. The van der Waals surface area contributed by atoms with Gasteiger partial charge in [0, 0.05) is 19.5 Å². The van der Waals surface area contributed by atoms with Crippen molar-refractivity contribution in [2.24, 2.45) is 0 Å². The van der Waals surface area contributed by atoms with Crippen LogP contribution >= 0.6 is 0 Å². The number of rotatable bonds is 1. The van der Waals surface area contributed by atoms with E-state index < -0.39 is 6.04 Å². The number of para-hydroxylation sites is 1. The number of hydrogen-bond donors (Lipinski definition) is 1. The minimum atomic E-state index is -0.591. The van der Waals surface area contributed by atoms with Crippen LogP contribution in [0.25, 0.3) is 0 Å². The van der Waals surface area contributed by atoms with Gasteiger partial charge in [0.25, 0.3) is 5.91 Å². The predicted octanol–water partition coefficient (Wildman–Crippen LogP) is -0.596. The summed E-state index contributed by atoms with van der Waals surface area (Å²) in [5.74, 6) is 0.223. The van der Waals surface area contributed by atoms with Crippen molar-refractivity contribution in [1.82, 2.24) is 15.1 Å². The molecule has 3 aliphatic heterocycles. The third kappa shape index (κ3) is 2.23. The Kier molecular flexibility index (Phi) is 3.21. The smallest absolute Gasteiger partial charge is 0.257 e. The lowest BCUT2D eigenvalue weighted by molar-refractivity contribution is -0.148. The molecule has 0 radical (unpaired) electrons. The molecule has 0 unspecified atom stereocenters. The van der Waals surface area contributed by atoms with Gasteiger partial charge in [0.2, 0.25) is 11.8 Å². The molecule has 1 N–H and O–H groups in total. The van der Waals surface area contributed by atoms with Gasteiger partial charge in [-0.1, -0.05) is 12.1 Å². The summed E-state index contributed by atoms with van der Waals surface area (Å²) in [4.78, 5) is 39.9. The van der Waals surface area contributed by atoms with Crippen LogP contribution in [0.5, 0.6) is 5.75 Å². The maximum atomic E-state index is 12.8. The van der Waals surface area contributed by atoms with E-state index in [1.54, 1.807) is 15.9 Å². The topological polar surface area (TPSA) is 79.0 Å². The van der Waals surface area contributed by atoms with Gasteiger partial charge < -0.3 is 19.9 Å². The number of amides is 3. The minimum Gasteiger partial charge on any atom is -0.492 e. The first-order valence-corrected chi connectivity index (χ1v) is 7.76. The molecule has 120 valence electrons. The largest absolute Gasteiger partial charge is 0.492 e. The van der Waals surface area contributed by atoms with Gasteiger partial charge in [-0.05, 0) is 11.6 Å². The van der Waals surface area contributed by atoms with Crippen LogP contribution in [0.15, 0.2) is 18.2 Å². The van der Waals surface area contributed by atoms with Crippen LogP contribution in [0.2, 0.25) is 0 Å². The second kappa shape index (κ2) is 5.26. The van der Waals surface area contributed by atoms with E-state index in [0.29, 0.717) is 31.0 Å². The predicted molar refractivity (Wildman–Crippen MR) is 80.1 cm³/mol. The van der Waals surface area contributed by atoms with Crippen molar-refractivity contribution in [3.05, 3.63) is 29.3 Å². The minimum absolute atomic E-state index is 0.0450. The maximum Gasteiger partial charge on any atom is 0.257 e. The van der Waals surface area contributed by atoms with Gasteiger partial charge in [0.15, 0.2) is 0 Å². The monoisotopic (exact) mass is 315 g/mol. The molecule has 3 aliphatic rings. The Labute approximate surface area is 133 Å². The molecule has 1 aromatic rings. The first kappa shape index (κ1) is 14.0. The Morgan fingerprint density at radius 3 is 3.00 bits per heavy atom. The fourth-order valence-electron chi connectivity index (χ4n) is 3.43. The molecule has 1 atom stereocenters.